The predicted octanol–water partition coefficient (Wildman–Crippen LogP) is 3.32. The fourth-order valence-electron chi connectivity index (χ4n) is 2.40. The average molecular weight is 347 g/mol. The van der Waals surface area contributed by atoms with Crippen molar-refractivity contribution >= 4 is 17.3 Å². The van der Waals surface area contributed by atoms with Crippen LogP contribution in [-0.4, -0.2) is 31.1 Å². The Hall–Kier alpha value is -2.08. The van der Waals surface area contributed by atoms with E-state index in [0.29, 0.717) is 12.5 Å². The zero-order valence-electron chi connectivity index (χ0n) is 14.8. The molecule has 0 aliphatic carbocycles. The number of guanidine groups is 1. The molecule has 2 rings (SSSR count). The van der Waals surface area contributed by atoms with Crippen LogP contribution in [0.25, 0.3) is 0 Å². The van der Waals surface area contributed by atoms with Crippen LogP contribution in [0.15, 0.2) is 35.5 Å². The van der Waals surface area contributed by atoms with Gasteiger partial charge in [0.15, 0.2) is 5.96 Å². The molecule has 1 heterocycles. The van der Waals surface area contributed by atoms with Gasteiger partial charge in [-0.3, -0.25) is 0 Å². The van der Waals surface area contributed by atoms with Crippen LogP contribution in [0.5, 0.6) is 5.75 Å². The van der Waals surface area contributed by atoms with Crippen molar-refractivity contribution in [3.63, 3.8) is 0 Å². The van der Waals surface area contributed by atoms with E-state index in [1.54, 1.807) is 18.4 Å². The third kappa shape index (κ3) is 5.23. The largest absolute Gasteiger partial charge is 0.496 e. The van der Waals surface area contributed by atoms with Gasteiger partial charge in [-0.25, -0.2) is 9.98 Å². The molecule has 1 aromatic heterocycles. The Bertz CT molecular complexity index is 669. The van der Waals surface area contributed by atoms with Gasteiger partial charge >= 0.3 is 0 Å². The maximum absolute atomic E-state index is 5.45. The first-order valence-corrected chi connectivity index (χ1v) is 9.02. The van der Waals surface area contributed by atoms with Crippen molar-refractivity contribution in [2.45, 2.75) is 33.2 Å². The molecule has 0 saturated carbocycles. The van der Waals surface area contributed by atoms with Crippen molar-refractivity contribution < 1.29 is 4.74 Å². The fraction of sp³-hybridized carbons (Fsp3) is 0.444. The number of para-hydroxylation sites is 1. The van der Waals surface area contributed by atoms with Crippen molar-refractivity contribution in [3.05, 3.63) is 45.9 Å². The average Bonchev–Trinajstić information content (AvgIpc) is 3.02. The maximum Gasteiger partial charge on any atom is 0.191 e. The molecule has 0 aliphatic rings. The summed E-state index contributed by atoms with van der Waals surface area (Å²) in [6.07, 6.45) is 1.89. The summed E-state index contributed by atoms with van der Waals surface area (Å²) in [6.45, 7) is 8.50. The second kappa shape index (κ2) is 9.27. The van der Waals surface area contributed by atoms with Crippen LogP contribution in [0.3, 0.4) is 0 Å². The minimum absolute atomic E-state index is 0.312. The van der Waals surface area contributed by atoms with Gasteiger partial charge in [0.05, 0.1) is 13.7 Å². The van der Waals surface area contributed by atoms with E-state index in [9.17, 15) is 0 Å². The molecule has 5 nitrogen and oxygen atoms in total. The number of ether oxygens (including phenoxy) is 1. The molecule has 0 amide bonds. The molecule has 0 aliphatic heterocycles. The molecule has 1 atom stereocenters. The summed E-state index contributed by atoms with van der Waals surface area (Å²) in [4.78, 5) is 10.2. The number of benzene rings is 1. The highest BCUT2D eigenvalue weighted by Crippen LogP contribution is 2.25. The number of aryl methyl sites for hydroxylation is 1. The second-order valence-electron chi connectivity index (χ2n) is 5.58. The summed E-state index contributed by atoms with van der Waals surface area (Å²) in [5.74, 6) is 2.05. The topological polar surface area (TPSA) is 58.5 Å². The summed E-state index contributed by atoms with van der Waals surface area (Å²) in [6, 6.07) is 8.13. The van der Waals surface area contributed by atoms with Crippen LogP contribution in [-0.2, 0) is 6.54 Å². The molecule has 1 aromatic carbocycles. The molecule has 130 valence electrons. The summed E-state index contributed by atoms with van der Waals surface area (Å²) >= 11 is 1.68. The van der Waals surface area contributed by atoms with E-state index >= 15 is 0 Å². The Labute approximate surface area is 148 Å². The Balaban J connectivity index is 1.97. The third-order valence-electron chi connectivity index (χ3n) is 3.63. The van der Waals surface area contributed by atoms with E-state index in [1.807, 2.05) is 24.4 Å². The first-order chi connectivity index (χ1) is 11.6. The number of hydrogen-bond acceptors (Lipinski definition) is 4. The zero-order chi connectivity index (χ0) is 17.4. The van der Waals surface area contributed by atoms with Gasteiger partial charge in [0.1, 0.15) is 10.8 Å². The second-order valence-corrected chi connectivity index (χ2v) is 6.90. The van der Waals surface area contributed by atoms with Crippen molar-refractivity contribution in [1.82, 2.24) is 15.6 Å². The summed E-state index contributed by atoms with van der Waals surface area (Å²) < 4.78 is 5.45. The van der Waals surface area contributed by atoms with E-state index in [4.69, 9.17) is 4.74 Å². The summed E-state index contributed by atoms with van der Waals surface area (Å²) in [5.41, 5.74) is 1.19. The Kier molecular flexibility index (Phi) is 7.06. The first-order valence-electron chi connectivity index (χ1n) is 8.20. The normalized spacial score (nSPS) is 12.8. The lowest BCUT2D eigenvalue weighted by molar-refractivity contribution is 0.406. The molecule has 1 unspecified atom stereocenters. The highest BCUT2D eigenvalue weighted by atomic mass is 32.1. The van der Waals surface area contributed by atoms with Crippen LogP contribution in [0.4, 0.5) is 0 Å². The molecule has 0 spiro atoms. The number of methoxy groups -OCH3 is 1. The van der Waals surface area contributed by atoms with Gasteiger partial charge in [0.2, 0.25) is 0 Å². The SMILES string of the molecule is CCNC(=NCc1ncc(C)s1)NCC(C)c1ccccc1OC. The van der Waals surface area contributed by atoms with Gasteiger partial charge in [-0.15, -0.1) is 11.3 Å². The van der Waals surface area contributed by atoms with E-state index in [-0.39, 0.29) is 0 Å². The lowest BCUT2D eigenvalue weighted by atomic mass is 10.0. The summed E-state index contributed by atoms with van der Waals surface area (Å²) in [7, 11) is 1.71. The van der Waals surface area contributed by atoms with Gasteiger partial charge in [-0.1, -0.05) is 25.1 Å². The molecular formula is C18H26N4OS. The van der Waals surface area contributed by atoms with E-state index in [2.05, 4.69) is 47.4 Å². The monoisotopic (exact) mass is 346 g/mol. The lowest BCUT2D eigenvalue weighted by Crippen LogP contribution is -2.39. The van der Waals surface area contributed by atoms with Gasteiger partial charge < -0.3 is 15.4 Å². The molecule has 0 bridgehead atoms. The Morgan fingerprint density at radius 2 is 2.12 bits per heavy atom. The Morgan fingerprint density at radius 3 is 2.79 bits per heavy atom. The quantitative estimate of drug-likeness (QED) is 0.596. The minimum Gasteiger partial charge on any atom is -0.496 e. The fourth-order valence-corrected chi connectivity index (χ4v) is 3.11. The van der Waals surface area contributed by atoms with Crippen LogP contribution in [0.2, 0.25) is 0 Å². The standard InChI is InChI=1S/C18H26N4OS/c1-5-19-18(22-12-17-20-11-14(3)24-17)21-10-13(2)15-8-6-7-9-16(15)23-4/h6-9,11,13H,5,10,12H2,1-4H3,(H2,19,21,22). The smallest absolute Gasteiger partial charge is 0.191 e. The Morgan fingerprint density at radius 1 is 1.33 bits per heavy atom. The molecule has 0 saturated heterocycles. The van der Waals surface area contributed by atoms with Crippen LogP contribution < -0.4 is 15.4 Å². The van der Waals surface area contributed by atoms with Gasteiger partial charge in [0.25, 0.3) is 0 Å². The first kappa shape index (κ1) is 18.3. The highest BCUT2D eigenvalue weighted by Gasteiger charge is 2.11. The molecule has 2 aromatic rings. The van der Waals surface area contributed by atoms with Crippen molar-refractivity contribution in [2.24, 2.45) is 4.99 Å². The number of thiazole rings is 1. The molecule has 24 heavy (non-hydrogen) atoms. The van der Waals surface area contributed by atoms with Crippen LogP contribution in [0.1, 0.15) is 35.2 Å². The number of hydrogen-bond donors (Lipinski definition) is 2. The van der Waals surface area contributed by atoms with Crippen molar-refractivity contribution in [1.29, 1.82) is 0 Å². The van der Waals surface area contributed by atoms with Crippen LogP contribution >= 0.6 is 11.3 Å². The number of nitrogens with one attached hydrogen (secondary N) is 2. The predicted molar refractivity (Wildman–Crippen MR) is 101 cm³/mol. The minimum atomic E-state index is 0.312. The van der Waals surface area contributed by atoms with Crippen molar-refractivity contribution in [3.8, 4) is 5.75 Å². The number of aliphatic imine (C=N–C) groups is 1. The van der Waals surface area contributed by atoms with E-state index in [0.717, 1.165) is 29.8 Å². The van der Waals surface area contributed by atoms with Gasteiger partial charge in [-0.05, 0) is 25.5 Å². The van der Waals surface area contributed by atoms with Gasteiger partial charge in [-0.2, -0.15) is 0 Å². The third-order valence-corrected chi connectivity index (χ3v) is 4.53. The van der Waals surface area contributed by atoms with E-state index in [1.165, 1.54) is 10.4 Å². The van der Waals surface area contributed by atoms with Crippen molar-refractivity contribution in [2.75, 3.05) is 20.2 Å². The summed E-state index contributed by atoms with van der Waals surface area (Å²) in [5, 5.41) is 7.72. The molecule has 6 heteroatoms. The highest BCUT2D eigenvalue weighted by molar-refractivity contribution is 7.11. The zero-order valence-corrected chi connectivity index (χ0v) is 15.6. The number of nitrogens with zero attached hydrogens (tertiary/aromatic N) is 2. The lowest BCUT2D eigenvalue weighted by Gasteiger charge is -2.18. The van der Waals surface area contributed by atoms with Crippen LogP contribution in [0, 0.1) is 6.92 Å². The maximum atomic E-state index is 5.45. The van der Waals surface area contributed by atoms with Gasteiger partial charge in [0, 0.05) is 30.1 Å². The number of aromatic nitrogens is 1. The number of rotatable bonds is 7. The molecule has 0 fully saturated rings. The van der Waals surface area contributed by atoms with E-state index < -0.39 is 0 Å². The molecular weight excluding hydrogens is 320 g/mol. The molecule has 2 N–H and O–H groups in total. The molecule has 0 radical (unpaired) electrons.